The van der Waals surface area contributed by atoms with Crippen molar-refractivity contribution in [1.29, 1.82) is 0 Å². The molecule has 0 atom stereocenters. The molecular weight excluding hydrogens is 548 g/mol. The summed E-state index contributed by atoms with van der Waals surface area (Å²) in [6.45, 7) is 15.3. The second-order valence-corrected chi connectivity index (χ2v) is 10.5. The number of hydrogen-bond donors (Lipinski definition) is 5. The van der Waals surface area contributed by atoms with E-state index in [0.717, 1.165) is 39.0 Å². The molecule has 10 nitrogen and oxygen atoms in total. The van der Waals surface area contributed by atoms with Crippen LogP contribution >= 0.6 is 0 Å². The number of nitrogens with zero attached hydrogens (tertiary/aromatic N) is 1. The molecule has 2 amide bonds. The van der Waals surface area contributed by atoms with Crippen molar-refractivity contribution in [2.45, 2.75) is 53.4 Å². The van der Waals surface area contributed by atoms with Crippen molar-refractivity contribution >= 4 is 59.8 Å². The van der Waals surface area contributed by atoms with Crippen LogP contribution in [0.1, 0.15) is 73.2 Å². The Labute approximate surface area is 248 Å². The zero-order valence-electron chi connectivity index (χ0n) is 24.6. The van der Waals surface area contributed by atoms with Crippen LogP contribution in [0.4, 0.5) is 0 Å². The van der Waals surface area contributed by atoms with Crippen molar-refractivity contribution in [3.8, 4) is 0 Å². The van der Waals surface area contributed by atoms with E-state index in [1.165, 1.54) is 0 Å². The van der Waals surface area contributed by atoms with Gasteiger partial charge in [0.15, 0.2) is 0 Å². The maximum Gasteiger partial charge on any atom is 0.303 e. The number of allylic oxidation sites excluding steroid dienone is 2. The lowest BCUT2D eigenvalue weighted by Gasteiger charge is -2.05. The number of carbonyl (C=O) groups excluding carboxylic acids is 2. The van der Waals surface area contributed by atoms with Gasteiger partial charge in [0.1, 0.15) is 0 Å². The lowest BCUT2D eigenvalue weighted by molar-refractivity contribution is -0.138. The summed E-state index contributed by atoms with van der Waals surface area (Å²) in [5, 5.41) is 22.5. The standard InChI is InChI=1S/C33H34N4O6/c1-7-20-17(4)25(14-29-22(9-11-30(38)39)19(6)32(42)37-29)35-27(20)13-24-16(3)21(8-2)28(34-24)15-26-18(5)23(33(43)36-26)10-12-31(40)41/h7-8,13-15,34-35H,1-2,9-12H2,3-6H3,(H,37,42)(H,38,39)(H,40,41)/b24-13+,28-15?,29-14-. The fourth-order valence-corrected chi connectivity index (χ4v) is 5.32. The molecule has 0 spiro atoms. The maximum absolute atomic E-state index is 12.5. The number of aliphatic imine (C=N–C) groups is 1. The van der Waals surface area contributed by atoms with Crippen LogP contribution in [0.5, 0.6) is 0 Å². The minimum absolute atomic E-state index is 0.0871. The van der Waals surface area contributed by atoms with Crippen molar-refractivity contribution in [1.82, 2.24) is 15.3 Å². The summed E-state index contributed by atoms with van der Waals surface area (Å²) in [6, 6.07) is 0. The van der Waals surface area contributed by atoms with Gasteiger partial charge in [0.25, 0.3) is 11.8 Å². The molecule has 2 aromatic heterocycles. The van der Waals surface area contributed by atoms with Gasteiger partial charge < -0.3 is 25.5 Å². The van der Waals surface area contributed by atoms with E-state index >= 15 is 0 Å². The summed E-state index contributed by atoms with van der Waals surface area (Å²) in [5.41, 5.74) is 8.28. The van der Waals surface area contributed by atoms with Crippen molar-refractivity contribution < 1.29 is 29.4 Å². The van der Waals surface area contributed by atoms with Crippen LogP contribution in [-0.4, -0.2) is 49.6 Å². The number of aromatic amines is 2. The van der Waals surface area contributed by atoms with Gasteiger partial charge in [0.05, 0.1) is 5.71 Å². The van der Waals surface area contributed by atoms with Crippen LogP contribution in [0.25, 0.3) is 30.4 Å². The van der Waals surface area contributed by atoms with E-state index in [4.69, 9.17) is 10.2 Å². The molecule has 0 unspecified atom stereocenters. The maximum atomic E-state index is 12.5. The first-order chi connectivity index (χ1) is 20.4. The van der Waals surface area contributed by atoms with E-state index < -0.39 is 17.8 Å². The van der Waals surface area contributed by atoms with E-state index in [0.29, 0.717) is 39.1 Å². The Kier molecular flexibility index (Phi) is 8.80. The molecule has 222 valence electrons. The van der Waals surface area contributed by atoms with E-state index in [1.807, 2.05) is 26.0 Å². The summed E-state index contributed by atoms with van der Waals surface area (Å²) in [6.07, 6.45) is 9.09. The van der Waals surface area contributed by atoms with Gasteiger partial charge in [-0.3, -0.25) is 19.2 Å². The number of aromatic nitrogens is 2. The van der Waals surface area contributed by atoms with E-state index in [-0.39, 0.29) is 31.6 Å². The molecule has 0 radical (unpaired) electrons. The first kappa shape index (κ1) is 30.7. The quantitative estimate of drug-likeness (QED) is 0.271. The number of aliphatic carboxylic acids is 2. The zero-order valence-corrected chi connectivity index (χ0v) is 24.6. The van der Waals surface area contributed by atoms with Gasteiger partial charge in [-0.2, -0.15) is 0 Å². The van der Waals surface area contributed by atoms with Gasteiger partial charge in [0.2, 0.25) is 0 Å². The molecule has 4 heterocycles. The Morgan fingerprint density at radius 2 is 1.40 bits per heavy atom. The van der Waals surface area contributed by atoms with Crippen molar-refractivity contribution in [2.24, 2.45) is 4.99 Å². The first-order valence-corrected chi connectivity index (χ1v) is 13.8. The third kappa shape index (κ3) is 6.18. The van der Waals surface area contributed by atoms with Gasteiger partial charge >= 0.3 is 11.9 Å². The SMILES string of the molecule is C=Cc1c(/C=c2/[nH]c(=CC3=NC(=O)C(CCC(=O)O)=C3C)c(C=C)c2C)[nH]c(/C=C2\NC(=O)C(C)=C2CCC(=O)O)c1C. The van der Waals surface area contributed by atoms with Crippen LogP contribution in [0.15, 0.2) is 46.1 Å². The molecule has 2 aliphatic rings. The first-order valence-electron chi connectivity index (χ1n) is 13.8. The molecule has 0 bridgehead atoms. The summed E-state index contributed by atoms with van der Waals surface area (Å²) in [4.78, 5) is 57.9. The predicted octanol–water partition coefficient (Wildman–Crippen LogP) is 3.67. The van der Waals surface area contributed by atoms with Crippen LogP contribution in [0.2, 0.25) is 0 Å². The number of hydrogen-bond acceptors (Lipinski definition) is 4. The number of carboxylic acids is 2. The number of rotatable bonds is 11. The molecule has 10 heteroatoms. The summed E-state index contributed by atoms with van der Waals surface area (Å²) in [5.74, 6) is -2.58. The van der Waals surface area contributed by atoms with Crippen LogP contribution in [0, 0.1) is 13.8 Å². The summed E-state index contributed by atoms with van der Waals surface area (Å²) < 4.78 is 0. The highest BCUT2D eigenvalue weighted by molar-refractivity contribution is 6.30. The summed E-state index contributed by atoms with van der Waals surface area (Å²) in [7, 11) is 0. The minimum Gasteiger partial charge on any atom is -0.481 e. The lowest BCUT2D eigenvalue weighted by Crippen LogP contribution is -2.15. The molecule has 0 fully saturated rings. The Hall–Kier alpha value is -5.25. The Balaban J connectivity index is 1.77. The predicted molar refractivity (Wildman–Crippen MR) is 166 cm³/mol. The van der Waals surface area contributed by atoms with Gasteiger partial charge in [-0.15, -0.1) is 0 Å². The number of H-pyrrole nitrogens is 2. The van der Waals surface area contributed by atoms with Crippen LogP contribution in [-0.2, 0) is 19.2 Å². The molecule has 2 aliphatic heterocycles. The molecule has 43 heavy (non-hydrogen) atoms. The molecular formula is C33H34N4O6. The molecule has 0 saturated heterocycles. The molecule has 0 aliphatic carbocycles. The Bertz CT molecular complexity index is 1860. The van der Waals surface area contributed by atoms with Crippen LogP contribution < -0.4 is 16.0 Å². The van der Waals surface area contributed by atoms with Crippen molar-refractivity contribution in [2.75, 3.05) is 0 Å². The molecule has 0 aromatic carbocycles. The number of nitrogens with one attached hydrogen (secondary N) is 3. The van der Waals surface area contributed by atoms with Gasteiger partial charge in [-0.1, -0.05) is 25.3 Å². The average Bonchev–Trinajstić information content (AvgIpc) is 3.59. The highest BCUT2D eigenvalue weighted by Crippen LogP contribution is 2.29. The molecule has 2 aromatic rings. The fourth-order valence-electron chi connectivity index (χ4n) is 5.32. The van der Waals surface area contributed by atoms with Crippen LogP contribution in [0.3, 0.4) is 0 Å². The topological polar surface area (TPSA) is 165 Å². The largest absolute Gasteiger partial charge is 0.481 e. The second-order valence-electron chi connectivity index (χ2n) is 10.5. The zero-order chi connectivity index (χ0) is 31.6. The Morgan fingerprint density at radius 1 is 0.767 bits per heavy atom. The van der Waals surface area contributed by atoms with Crippen molar-refractivity contribution in [3.63, 3.8) is 0 Å². The smallest absolute Gasteiger partial charge is 0.303 e. The minimum atomic E-state index is -0.976. The van der Waals surface area contributed by atoms with Gasteiger partial charge in [0, 0.05) is 62.9 Å². The highest BCUT2D eigenvalue weighted by Gasteiger charge is 2.25. The van der Waals surface area contributed by atoms with Crippen molar-refractivity contribution in [3.05, 3.63) is 85.5 Å². The number of carboxylic acid groups (broad SMARTS) is 2. The van der Waals surface area contributed by atoms with Gasteiger partial charge in [-0.25, -0.2) is 4.99 Å². The molecule has 0 saturated carbocycles. The second kappa shape index (κ2) is 12.3. The Morgan fingerprint density at radius 3 is 2.00 bits per heavy atom. The molecule has 5 N–H and O–H groups in total. The number of amides is 2. The fraction of sp³-hybridized carbons (Fsp3) is 0.242. The van der Waals surface area contributed by atoms with E-state index in [2.05, 4.69) is 33.4 Å². The summed E-state index contributed by atoms with van der Waals surface area (Å²) >= 11 is 0. The van der Waals surface area contributed by atoms with E-state index in [1.54, 1.807) is 32.1 Å². The highest BCUT2D eigenvalue weighted by atomic mass is 16.4. The molecule has 4 rings (SSSR count). The normalized spacial score (nSPS) is 16.9. The third-order valence-corrected chi connectivity index (χ3v) is 7.86. The average molecular weight is 583 g/mol. The van der Waals surface area contributed by atoms with E-state index in [9.17, 15) is 19.2 Å². The van der Waals surface area contributed by atoms with Gasteiger partial charge in [-0.05, 0) is 81.0 Å². The lowest BCUT2D eigenvalue weighted by atomic mass is 10.0. The monoisotopic (exact) mass is 582 g/mol. The third-order valence-electron chi connectivity index (χ3n) is 7.86. The number of carbonyl (C=O) groups is 4.